The number of hydrogen-bond acceptors (Lipinski definition) is 5. The fourth-order valence-electron chi connectivity index (χ4n) is 2.40. The Morgan fingerprint density at radius 3 is 3.06 bits per heavy atom. The number of nitrogens with two attached hydrogens (primary N) is 1. The van der Waals surface area contributed by atoms with E-state index >= 15 is 0 Å². The lowest BCUT2D eigenvalue weighted by Gasteiger charge is -2.23. The normalized spacial score (nSPS) is 20.0. The zero-order chi connectivity index (χ0) is 13.1. The smallest absolute Gasteiger partial charge is 0.233 e. The van der Waals surface area contributed by atoms with Crippen molar-refractivity contribution in [2.75, 3.05) is 25.9 Å². The largest absolute Gasteiger partial charge is 0.384 e. The van der Waals surface area contributed by atoms with Gasteiger partial charge in [-0.3, -0.25) is 9.69 Å². The highest BCUT2D eigenvalue weighted by molar-refractivity contribution is 5.77. The van der Waals surface area contributed by atoms with Gasteiger partial charge in [0.25, 0.3) is 0 Å². The number of anilines is 1. The Kier molecular flexibility index (Phi) is 3.76. The zero-order valence-corrected chi connectivity index (χ0v) is 10.8. The van der Waals surface area contributed by atoms with Gasteiger partial charge in [-0.1, -0.05) is 0 Å². The highest BCUT2D eigenvalue weighted by Crippen LogP contribution is 2.30. The number of nitrogen functional groups attached to an aromatic ring is 1. The average Bonchev–Trinajstić information content (AvgIpc) is 2.75. The first kappa shape index (κ1) is 12.8. The lowest BCUT2D eigenvalue weighted by Crippen LogP contribution is -2.35. The van der Waals surface area contributed by atoms with Crippen LogP contribution in [0.15, 0.2) is 6.07 Å². The summed E-state index contributed by atoms with van der Waals surface area (Å²) in [7, 11) is 1.65. The second kappa shape index (κ2) is 5.30. The van der Waals surface area contributed by atoms with Crippen molar-refractivity contribution in [3.63, 3.8) is 0 Å². The van der Waals surface area contributed by atoms with Gasteiger partial charge >= 0.3 is 0 Å². The number of nitrogens with zero attached hydrogens (tertiary/aromatic N) is 3. The number of rotatable bonds is 3. The fraction of sp³-hybridized carbons (Fsp3) is 0.583. The minimum Gasteiger partial charge on any atom is -0.384 e. The number of nitrogens with one attached hydrogen (secondary N) is 1. The van der Waals surface area contributed by atoms with Crippen LogP contribution in [0.4, 0.5) is 5.82 Å². The van der Waals surface area contributed by atoms with Crippen LogP contribution in [0, 0.1) is 6.92 Å². The molecule has 2 heterocycles. The van der Waals surface area contributed by atoms with Crippen LogP contribution >= 0.6 is 0 Å². The summed E-state index contributed by atoms with van der Waals surface area (Å²) in [5.74, 6) is 1.20. The number of likely N-dealkylation sites (tertiary alicyclic amines) is 1. The average molecular weight is 249 g/mol. The third kappa shape index (κ3) is 2.76. The second-order valence-corrected chi connectivity index (χ2v) is 4.57. The summed E-state index contributed by atoms with van der Waals surface area (Å²) in [6.07, 6.45) is 2.08. The molecule has 0 radical (unpaired) electrons. The van der Waals surface area contributed by atoms with Crippen molar-refractivity contribution >= 4 is 11.7 Å². The Bertz CT molecular complexity index is 428. The van der Waals surface area contributed by atoms with Gasteiger partial charge in [0.2, 0.25) is 5.91 Å². The second-order valence-electron chi connectivity index (χ2n) is 4.57. The number of carbonyl (C=O) groups excluding carboxylic acids is 1. The van der Waals surface area contributed by atoms with Crippen LogP contribution in [-0.2, 0) is 4.79 Å². The molecule has 1 aromatic heterocycles. The summed E-state index contributed by atoms with van der Waals surface area (Å²) >= 11 is 0. The van der Waals surface area contributed by atoms with E-state index in [0.717, 1.165) is 25.1 Å². The molecule has 98 valence electrons. The van der Waals surface area contributed by atoms with Crippen LogP contribution in [0.2, 0.25) is 0 Å². The van der Waals surface area contributed by atoms with Gasteiger partial charge in [0.05, 0.1) is 18.3 Å². The molecule has 1 aliphatic heterocycles. The van der Waals surface area contributed by atoms with E-state index in [1.165, 1.54) is 0 Å². The molecule has 0 spiro atoms. The summed E-state index contributed by atoms with van der Waals surface area (Å²) in [5, 5.41) is 2.65. The molecule has 1 aromatic rings. The molecule has 1 atom stereocenters. The standard InChI is InChI=1S/C12H19N5O/c1-8-15-9(6-11(13)16-8)10-4-3-5-17(10)7-12(18)14-2/h6,10H,3-5,7H2,1-2H3,(H,14,18)(H2,13,15,16)/t10-/m1/s1. The first-order valence-corrected chi connectivity index (χ1v) is 6.16. The van der Waals surface area contributed by atoms with Crippen molar-refractivity contribution in [2.45, 2.75) is 25.8 Å². The van der Waals surface area contributed by atoms with E-state index in [0.29, 0.717) is 18.2 Å². The summed E-state index contributed by atoms with van der Waals surface area (Å²) < 4.78 is 0. The topological polar surface area (TPSA) is 84.1 Å². The van der Waals surface area contributed by atoms with Crippen LogP contribution in [0.1, 0.15) is 30.4 Å². The molecule has 1 saturated heterocycles. The summed E-state index contributed by atoms with van der Waals surface area (Å²) in [6, 6.07) is 1.98. The highest BCUT2D eigenvalue weighted by Gasteiger charge is 2.28. The molecule has 18 heavy (non-hydrogen) atoms. The number of carbonyl (C=O) groups is 1. The molecule has 0 bridgehead atoms. The number of aryl methyl sites for hydroxylation is 1. The van der Waals surface area contributed by atoms with E-state index in [4.69, 9.17) is 5.73 Å². The van der Waals surface area contributed by atoms with E-state index in [2.05, 4.69) is 20.2 Å². The molecule has 6 heteroatoms. The van der Waals surface area contributed by atoms with Crippen LogP contribution < -0.4 is 11.1 Å². The van der Waals surface area contributed by atoms with Crippen molar-refractivity contribution in [1.82, 2.24) is 20.2 Å². The monoisotopic (exact) mass is 249 g/mol. The predicted molar refractivity (Wildman–Crippen MR) is 68.8 cm³/mol. The Hall–Kier alpha value is -1.69. The molecule has 0 aliphatic carbocycles. The van der Waals surface area contributed by atoms with Gasteiger partial charge in [-0.15, -0.1) is 0 Å². The molecule has 1 fully saturated rings. The maximum absolute atomic E-state index is 11.5. The fourth-order valence-corrected chi connectivity index (χ4v) is 2.40. The van der Waals surface area contributed by atoms with Gasteiger partial charge in [0, 0.05) is 13.1 Å². The van der Waals surface area contributed by atoms with E-state index < -0.39 is 0 Å². The molecule has 3 N–H and O–H groups in total. The summed E-state index contributed by atoms with van der Waals surface area (Å²) in [5.41, 5.74) is 6.67. The molecule has 1 aliphatic rings. The van der Waals surface area contributed by atoms with Crippen molar-refractivity contribution in [1.29, 1.82) is 0 Å². The molecule has 2 rings (SSSR count). The van der Waals surface area contributed by atoms with E-state index in [-0.39, 0.29) is 11.9 Å². The predicted octanol–water partition coefficient (Wildman–Crippen LogP) is 0.250. The van der Waals surface area contributed by atoms with Gasteiger partial charge in [0.1, 0.15) is 11.6 Å². The Morgan fingerprint density at radius 1 is 1.61 bits per heavy atom. The third-order valence-electron chi connectivity index (χ3n) is 3.21. The van der Waals surface area contributed by atoms with Gasteiger partial charge in [-0.05, 0) is 26.3 Å². The molecular weight excluding hydrogens is 230 g/mol. The van der Waals surface area contributed by atoms with Crippen LogP contribution in [0.25, 0.3) is 0 Å². The van der Waals surface area contributed by atoms with Crippen molar-refractivity contribution in [2.24, 2.45) is 0 Å². The van der Waals surface area contributed by atoms with Gasteiger partial charge in [-0.2, -0.15) is 0 Å². The first-order valence-electron chi connectivity index (χ1n) is 6.16. The van der Waals surface area contributed by atoms with Gasteiger partial charge in [-0.25, -0.2) is 9.97 Å². The lowest BCUT2D eigenvalue weighted by molar-refractivity contribution is -0.122. The summed E-state index contributed by atoms with van der Waals surface area (Å²) in [6.45, 7) is 3.16. The highest BCUT2D eigenvalue weighted by atomic mass is 16.1. The Morgan fingerprint density at radius 2 is 2.39 bits per heavy atom. The number of aromatic nitrogens is 2. The van der Waals surface area contributed by atoms with Crippen molar-refractivity contribution in [3.8, 4) is 0 Å². The Labute approximate surface area is 107 Å². The van der Waals surface area contributed by atoms with E-state index in [1.54, 1.807) is 13.1 Å². The molecule has 6 nitrogen and oxygen atoms in total. The third-order valence-corrected chi connectivity index (χ3v) is 3.21. The lowest BCUT2D eigenvalue weighted by atomic mass is 10.1. The van der Waals surface area contributed by atoms with Crippen LogP contribution in [-0.4, -0.2) is 40.9 Å². The van der Waals surface area contributed by atoms with Crippen LogP contribution in [0.3, 0.4) is 0 Å². The SMILES string of the molecule is CNC(=O)CN1CCC[C@@H]1c1cc(N)nc(C)n1. The number of amides is 1. The molecule has 0 unspecified atom stereocenters. The van der Waals surface area contributed by atoms with E-state index in [9.17, 15) is 4.79 Å². The summed E-state index contributed by atoms with van der Waals surface area (Å²) in [4.78, 5) is 22.1. The maximum Gasteiger partial charge on any atom is 0.233 e. The van der Waals surface area contributed by atoms with Gasteiger partial charge in [0.15, 0.2) is 0 Å². The first-order chi connectivity index (χ1) is 8.60. The van der Waals surface area contributed by atoms with Crippen molar-refractivity contribution in [3.05, 3.63) is 17.6 Å². The Balaban J connectivity index is 2.17. The zero-order valence-electron chi connectivity index (χ0n) is 10.8. The molecule has 0 aromatic carbocycles. The number of likely N-dealkylation sites (N-methyl/N-ethyl adjacent to an activating group) is 1. The van der Waals surface area contributed by atoms with Gasteiger partial charge < -0.3 is 11.1 Å². The quantitative estimate of drug-likeness (QED) is 0.802. The van der Waals surface area contributed by atoms with E-state index in [1.807, 2.05) is 6.92 Å². The molecule has 0 saturated carbocycles. The minimum atomic E-state index is 0.0284. The maximum atomic E-state index is 11.5. The van der Waals surface area contributed by atoms with Crippen molar-refractivity contribution < 1.29 is 4.79 Å². The molecule has 1 amide bonds. The van der Waals surface area contributed by atoms with Crippen LogP contribution in [0.5, 0.6) is 0 Å². The minimum absolute atomic E-state index is 0.0284. The molecular formula is C12H19N5O. The number of hydrogen-bond donors (Lipinski definition) is 2.